The number of hydrogen-bond donors (Lipinski definition) is 0. The average molecular weight is 336 g/mol. The van der Waals surface area contributed by atoms with Gasteiger partial charge in [-0.2, -0.15) is 0 Å². The Balaban J connectivity index is 2.18. The van der Waals surface area contributed by atoms with E-state index in [1.807, 2.05) is 31.2 Å². The van der Waals surface area contributed by atoms with E-state index >= 15 is 0 Å². The fraction of sp³-hybridized carbons (Fsp3) is 0.235. The lowest BCUT2D eigenvalue weighted by molar-refractivity contribution is 0.0752. The van der Waals surface area contributed by atoms with Gasteiger partial charge in [0.2, 0.25) is 0 Å². The van der Waals surface area contributed by atoms with Crippen molar-refractivity contribution in [3.8, 4) is 0 Å². The molecule has 2 aromatic rings. The molecule has 0 aromatic heterocycles. The van der Waals surface area contributed by atoms with Gasteiger partial charge in [0.05, 0.1) is 0 Å². The van der Waals surface area contributed by atoms with E-state index in [0.29, 0.717) is 28.6 Å². The first-order valence-electron chi connectivity index (χ1n) is 6.99. The smallest absolute Gasteiger partial charge is 0.254 e. The van der Waals surface area contributed by atoms with Gasteiger partial charge in [0, 0.05) is 45.6 Å². The summed E-state index contributed by atoms with van der Waals surface area (Å²) in [5.41, 5.74) is 1.51. The van der Waals surface area contributed by atoms with Crippen molar-refractivity contribution in [3.05, 3.63) is 64.7 Å². The minimum absolute atomic E-state index is 0.0594. The maximum Gasteiger partial charge on any atom is 0.254 e. The lowest BCUT2D eigenvalue weighted by Gasteiger charge is -2.21. The molecule has 0 bridgehead atoms. The van der Waals surface area contributed by atoms with Gasteiger partial charge in [-0.3, -0.25) is 9.00 Å². The standard InChI is InChI=1S/C17H18ClNO2S/c1-3-19(12-14-6-4-5-7-16(14)18)17(20)13-8-10-15(11-9-13)22(2)21/h4-11H,3,12H2,1-2H3. The summed E-state index contributed by atoms with van der Waals surface area (Å²) in [5.74, 6) is -0.0594. The van der Waals surface area contributed by atoms with Crippen LogP contribution >= 0.6 is 11.6 Å². The summed E-state index contributed by atoms with van der Waals surface area (Å²) in [6.07, 6.45) is 1.62. The summed E-state index contributed by atoms with van der Waals surface area (Å²) in [4.78, 5) is 15.0. The Bertz CT molecular complexity index is 685. The van der Waals surface area contributed by atoms with Gasteiger partial charge in [-0.25, -0.2) is 0 Å². The quantitative estimate of drug-likeness (QED) is 0.834. The third-order valence-electron chi connectivity index (χ3n) is 3.42. The van der Waals surface area contributed by atoms with Gasteiger partial charge >= 0.3 is 0 Å². The third kappa shape index (κ3) is 3.96. The van der Waals surface area contributed by atoms with Crippen LogP contribution in [0.3, 0.4) is 0 Å². The Morgan fingerprint density at radius 2 is 1.77 bits per heavy atom. The summed E-state index contributed by atoms with van der Waals surface area (Å²) in [5, 5.41) is 0.658. The van der Waals surface area contributed by atoms with E-state index in [1.165, 1.54) is 0 Å². The Kier molecular flexibility index (Phi) is 5.75. The third-order valence-corrected chi connectivity index (χ3v) is 4.73. The van der Waals surface area contributed by atoms with Crippen LogP contribution in [0.4, 0.5) is 0 Å². The van der Waals surface area contributed by atoms with Crippen molar-refractivity contribution < 1.29 is 9.00 Å². The van der Waals surface area contributed by atoms with Crippen LogP contribution in [0.15, 0.2) is 53.4 Å². The lowest BCUT2D eigenvalue weighted by Crippen LogP contribution is -2.30. The molecular weight excluding hydrogens is 318 g/mol. The molecule has 116 valence electrons. The highest BCUT2D eigenvalue weighted by Gasteiger charge is 2.15. The zero-order chi connectivity index (χ0) is 16.1. The van der Waals surface area contributed by atoms with E-state index in [2.05, 4.69) is 0 Å². The fourth-order valence-electron chi connectivity index (χ4n) is 2.13. The van der Waals surface area contributed by atoms with E-state index in [-0.39, 0.29) is 5.91 Å². The molecule has 2 aromatic carbocycles. The fourth-order valence-corrected chi connectivity index (χ4v) is 2.85. The molecule has 0 fully saturated rings. The van der Waals surface area contributed by atoms with Gasteiger partial charge < -0.3 is 4.90 Å². The van der Waals surface area contributed by atoms with Crippen LogP contribution in [0.5, 0.6) is 0 Å². The molecule has 0 aliphatic heterocycles. The van der Waals surface area contributed by atoms with Gasteiger partial charge in [0.25, 0.3) is 5.91 Å². The summed E-state index contributed by atoms with van der Waals surface area (Å²) >= 11 is 6.16. The average Bonchev–Trinajstić information content (AvgIpc) is 2.53. The van der Waals surface area contributed by atoms with E-state index < -0.39 is 10.8 Å². The summed E-state index contributed by atoms with van der Waals surface area (Å²) < 4.78 is 11.4. The largest absolute Gasteiger partial charge is 0.335 e. The minimum Gasteiger partial charge on any atom is -0.335 e. The Morgan fingerprint density at radius 3 is 2.32 bits per heavy atom. The lowest BCUT2D eigenvalue weighted by atomic mass is 10.1. The molecule has 0 aliphatic carbocycles. The molecule has 2 rings (SSSR count). The predicted molar refractivity (Wildman–Crippen MR) is 90.6 cm³/mol. The molecule has 0 aliphatic rings. The van der Waals surface area contributed by atoms with E-state index in [0.717, 1.165) is 5.56 Å². The van der Waals surface area contributed by atoms with Crippen LogP contribution in [0.2, 0.25) is 5.02 Å². The van der Waals surface area contributed by atoms with E-state index in [9.17, 15) is 9.00 Å². The highest BCUT2D eigenvalue weighted by atomic mass is 35.5. The second kappa shape index (κ2) is 7.56. The number of rotatable bonds is 5. The molecule has 0 radical (unpaired) electrons. The monoisotopic (exact) mass is 335 g/mol. The van der Waals surface area contributed by atoms with Crippen molar-refractivity contribution in [3.63, 3.8) is 0 Å². The molecule has 1 unspecified atom stereocenters. The van der Waals surface area contributed by atoms with Crippen LogP contribution in [-0.2, 0) is 17.3 Å². The molecule has 5 heteroatoms. The molecule has 1 atom stereocenters. The number of halogens is 1. The highest BCUT2D eigenvalue weighted by molar-refractivity contribution is 7.84. The molecule has 0 saturated carbocycles. The number of amides is 1. The second-order valence-corrected chi connectivity index (χ2v) is 6.68. The highest BCUT2D eigenvalue weighted by Crippen LogP contribution is 2.18. The number of hydrogen-bond acceptors (Lipinski definition) is 2. The maximum absolute atomic E-state index is 12.6. The summed E-state index contributed by atoms with van der Waals surface area (Å²) in [6, 6.07) is 14.4. The molecule has 3 nitrogen and oxygen atoms in total. The zero-order valence-electron chi connectivity index (χ0n) is 12.6. The minimum atomic E-state index is -1.04. The van der Waals surface area contributed by atoms with Crippen molar-refractivity contribution in [2.24, 2.45) is 0 Å². The van der Waals surface area contributed by atoms with Crippen molar-refractivity contribution in [1.29, 1.82) is 0 Å². The zero-order valence-corrected chi connectivity index (χ0v) is 14.2. The first-order valence-corrected chi connectivity index (χ1v) is 8.92. The normalized spacial score (nSPS) is 12.0. The van der Waals surface area contributed by atoms with Crippen molar-refractivity contribution >= 4 is 28.3 Å². The molecule has 0 saturated heterocycles. The molecule has 22 heavy (non-hydrogen) atoms. The van der Waals surface area contributed by atoms with Gasteiger partial charge in [-0.1, -0.05) is 29.8 Å². The summed E-state index contributed by atoms with van der Waals surface area (Å²) in [7, 11) is -1.04. The van der Waals surface area contributed by atoms with Crippen molar-refractivity contribution in [2.75, 3.05) is 12.8 Å². The molecule has 0 N–H and O–H groups in total. The molecule has 0 heterocycles. The number of benzene rings is 2. The Morgan fingerprint density at radius 1 is 1.14 bits per heavy atom. The van der Waals surface area contributed by atoms with Crippen LogP contribution in [-0.4, -0.2) is 27.8 Å². The Hall–Kier alpha value is -1.65. The first kappa shape index (κ1) is 16.7. The number of carbonyl (C=O) groups excluding carboxylic acids is 1. The van der Waals surface area contributed by atoms with Gasteiger partial charge in [0.1, 0.15) is 0 Å². The number of nitrogens with zero attached hydrogens (tertiary/aromatic N) is 1. The van der Waals surface area contributed by atoms with Gasteiger partial charge in [-0.15, -0.1) is 0 Å². The van der Waals surface area contributed by atoms with Crippen molar-refractivity contribution in [1.82, 2.24) is 4.90 Å². The molecular formula is C17H18ClNO2S. The second-order valence-electron chi connectivity index (χ2n) is 4.89. The Labute approximate surface area is 138 Å². The predicted octanol–water partition coefficient (Wildman–Crippen LogP) is 3.74. The van der Waals surface area contributed by atoms with Crippen LogP contribution in [0, 0.1) is 0 Å². The topological polar surface area (TPSA) is 37.4 Å². The van der Waals surface area contributed by atoms with Gasteiger partial charge in [0.15, 0.2) is 0 Å². The summed E-state index contributed by atoms with van der Waals surface area (Å²) in [6.45, 7) is 2.99. The number of carbonyl (C=O) groups is 1. The van der Waals surface area contributed by atoms with Gasteiger partial charge in [-0.05, 0) is 42.8 Å². The van der Waals surface area contributed by atoms with E-state index in [1.54, 1.807) is 35.4 Å². The SMILES string of the molecule is CCN(Cc1ccccc1Cl)C(=O)c1ccc(S(C)=O)cc1. The van der Waals surface area contributed by atoms with Crippen LogP contribution in [0.25, 0.3) is 0 Å². The molecule has 1 amide bonds. The molecule has 0 spiro atoms. The first-order chi connectivity index (χ1) is 10.5. The maximum atomic E-state index is 12.6. The van der Waals surface area contributed by atoms with Crippen LogP contribution < -0.4 is 0 Å². The van der Waals surface area contributed by atoms with Crippen LogP contribution in [0.1, 0.15) is 22.8 Å². The van der Waals surface area contributed by atoms with Crippen molar-refractivity contribution in [2.45, 2.75) is 18.4 Å². The van der Waals surface area contributed by atoms with E-state index in [4.69, 9.17) is 11.6 Å².